The zero-order valence-corrected chi connectivity index (χ0v) is 19.7. The monoisotopic (exact) mass is 505 g/mol. The van der Waals surface area contributed by atoms with Crippen molar-refractivity contribution in [1.82, 2.24) is 20.1 Å². The number of anilines is 1. The summed E-state index contributed by atoms with van der Waals surface area (Å²) in [7, 11) is 0. The minimum absolute atomic E-state index is 0.0497. The van der Waals surface area contributed by atoms with Crippen molar-refractivity contribution < 1.29 is 18.7 Å². The average molecular weight is 506 g/mol. The van der Waals surface area contributed by atoms with Crippen LogP contribution in [0.25, 0.3) is 16.9 Å². The maximum atomic E-state index is 14.6. The van der Waals surface area contributed by atoms with Gasteiger partial charge >= 0.3 is 0 Å². The molecule has 4 aromatic rings. The van der Waals surface area contributed by atoms with E-state index in [0.717, 1.165) is 12.5 Å². The number of pyridine rings is 1. The third-order valence-corrected chi connectivity index (χ3v) is 6.00. The van der Waals surface area contributed by atoms with Gasteiger partial charge in [0.15, 0.2) is 5.69 Å². The highest BCUT2D eigenvalue weighted by atomic mass is 35.5. The van der Waals surface area contributed by atoms with Gasteiger partial charge < -0.3 is 15.4 Å². The number of amides is 2. The zero-order chi connectivity index (χ0) is 25.1. The van der Waals surface area contributed by atoms with Crippen molar-refractivity contribution in [2.45, 2.75) is 12.5 Å². The molecule has 0 saturated carbocycles. The Bertz CT molecular complexity index is 1410. The number of benzene rings is 2. The number of aromatic nitrogens is 3. The largest absolute Gasteiger partial charge is 0.379 e. The number of hydrogen-bond acceptors (Lipinski definition) is 5. The highest BCUT2D eigenvalue weighted by molar-refractivity contribution is 6.34. The summed E-state index contributed by atoms with van der Waals surface area (Å²) in [4.78, 5) is 30.3. The van der Waals surface area contributed by atoms with Crippen LogP contribution in [0.1, 0.15) is 27.3 Å². The lowest BCUT2D eigenvalue weighted by molar-refractivity contribution is 0.0923. The molecule has 182 valence electrons. The molecule has 0 bridgehead atoms. The third-order valence-electron chi connectivity index (χ3n) is 5.69. The van der Waals surface area contributed by atoms with Crippen LogP contribution in [0.2, 0.25) is 5.02 Å². The van der Waals surface area contributed by atoms with Crippen LogP contribution < -0.4 is 10.6 Å². The van der Waals surface area contributed by atoms with Gasteiger partial charge in [-0.2, -0.15) is 5.10 Å². The predicted octanol–water partition coefficient (Wildman–Crippen LogP) is 4.50. The van der Waals surface area contributed by atoms with E-state index in [4.69, 9.17) is 16.3 Å². The van der Waals surface area contributed by atoms with Crippen LogP contribution in [0.15, 0.2) is 72.9 Å². The Morgan fingerprint density at radius 3 is 2.58 bits per heavy atom. The van der Waals surface area contributed by atoms with E-state index in [1.54, 1.807) is 30.3 Å². The van der Waals surface area contributed by atoms with E-state index < -0.39 is 11.7 Å². The van der Waals surface area contributed by atoms with Gasteiger partial charge in [0.05, 0.1) is 34.6 Å². The van der Waals surface area contributed by atoms with Crippen LogP contribution in [-0.2, 0) is 4.74 Å². The SMILES string of the molecule is O=C(N[C@H]1CCOC1)c1cc(NC(=O)c2cc(-c3ccccn3)c(F)cc2Cl)n(-c2ccccc2)n1. The van der Waals surface area contributed by atoms with Crippen molar-refractivity contribution in [1.29, 1.82) is 0 Å². The minimum atomic E-state index is -0.598. The summed E-state index contributed by atoms with van der Waals surface area (Å²) in [6.45, 7) is 1.03. The molecule has 10 heteroatoms. The second-order valence-electron chi connectivity index (χ2n) is 8.18. The van der Waals surface area contributed by atoms with Gasteiger partial charge in [0, 0.05) is 24.4 Å². The molecule has 8 nitrogen and oxygen atoms in total. The predicted molar refractivity (Wildman–Crippen MR) is 133 cm³/mol. The van der Waals surface area contributed by atoms with Crippen LogP contribution in [0.3, 0.4) is 0 Å². The van der Waals surface area contributed by atoms with Gasteiger partial charge in [-0.25, -0.2) is 9.07 Å². The lowest BCUT2D eigenvalue weighted by Gasteiger charge is -2.11. The Hall–Kier alpha value is -4.08. The van der Waals surface area contributed by atoms with Crippen LogP contribution in [0.5, 0.6) is 0 Å². The first-order valence-corrected chi connectivity index (χ1v) is 11.6. The van der Waals surface area contributed by atoms with Gasteiger partial charge in [-0.05, 0) is 42.8 Å². The molecule has 1 aliphatic heterocycles. The molecule has 2 aromatic carbocycles. The minimum Gasteiger partial charge on any atom is -0.379 e. The highest BCUT2D eigenvalue weighted by Gasteiger charge is 2.23. The maximum absolute atomic E-state index is 14.6. The number of hydrogen-bond donors (Lipinski definition) is 2. The molecule has 1 atom stereocenters. The van der Waals surface area contributed by atoms with Gasteiger partial charge in [0.2, 0.25) is 0 Å². The van der Waals surface area contributed by atoms with Crippen molar-refractivity contribution >= 4 is 29.2 Å². The number of nitrogens with zero attached hydrogens (tertiary/aromatic N) is 3. The number of ether oxygens (including phenoxy) is 1. The zero-order valence-electron chi connectivity index (χ0n) is 18.9. The molecule has 36 heavy (non-hydrogen) atoms. The Morgan fingerprint density at radius 1 is 1.06 bits per heavy atom. The average Bonchev–Trinajstić information content (AvgIpc) is 3.55. The van der Waals surface area contributed by atoms with Gasteiger partial charge in [-0.3, -0.25) is 14.6 Å². The Morgan fingerprint density at radius 2 is 1.86 bits per heavy atom. The number of para-hydroxylation sites is 1. The summed E-state index contributed by atoms with van der Waals surface area (Å²) in [5.74, 6) is -1.32. The molecule has 0 aliphatic carbocycles. The number of rotatable bonds is 6. The van der Waals surface area contributed by atoms with Gasteiger partial charge in [-0.1, -0.05) is 35.9 Å². The fourth-order valence-electron chi connectivity index (χ4n) is 3.88. The van der Waals surface area contributed by atoms with Crippen LogP contribution in [0.4, 0.5) is 10.2 Å². The second kappa shape index (κ2) is 10.3. The van der Waals surface area contributed by atoms with Crippen molar-refractivity contribution in [2.75, 3.05) is 18.5 Å². The summed E-state index contributed by atoms with van der Waals surface area (Å²) < 4.78 is 21.4. The summed E-state index contributed by atoms with van der Waals surface area (Å²) >= 11 is 6.24. The number of carbonyl (C=O) groups is 2. The topological polar surface area (TPSA) is 98.1 Å². The van der Waals surface area contributed by atoms with Crippen molar-refractivity contribution in [3.8, 4) is 16.9 Å². The lowest BCUT2D eigenvalue weighted by Crippen LogP contribution is -2.35. The molecule has 1 saturated heterocycles. The Labute approximate surface area is 211 Å². The van der Waals surface area contributed by atoms with E-state index in [-0.39, 0.29) is 39.6 Å². The highest BCUT2D eigenvalue weighted by Crippen LogP contribution is 2.28. The van der Waals surface area contributed by atoms with Crippen LogP contribution in [0, 0.1) is 5.82 Å². The summed E-state index contributed by atoms with van der Waals surface area (Å²) in [6, 6.07) is 17.9. The standard InChI is InChI=1S/C26H21ClFN5O3/c27-20-13-21(28)19(22-8-4-5-10-29-22)12-18(20)25(34)31-24-14-23(26(35)30-16-9-11-36-15-16)32-33(24)17-6-2-1-3-7-17/h1-8,10,12-14,16H,9,11,15H2,(H,30,35)(H,31,34)/t16-/m0/s1. The molecule has 2 aromatic heterocycles. The molecule has 2 N–H and O–H groups in total. The smallest absolute Gasteiger partial charge is 0.272 e. The van der Waals surface area contributed by atoms with Crippen molar-refractivity contribution in [3.63, 3.8) is 0 Å². The summed E-state index contributed by atoms with van der Waals surface area (Å²) in [6.07, 6.45) is 2.25. The molecular weight excluding hydrogens is 485 g/mol. The van der Waals surface area contributed by atoms with Gasteiger partial charge in [0.1, 0.15) is 11.6 Å². The van der Waals surface area contributed by atoms with Crippen LogP contribution >= 0.6 is 11.6 Å². The Balaban J connectivity index is 1.47. The Kier molecular flexibility index (Phi) is 6.75. The fourth-order valence-corrected chi connectivity index (χ4v) is 4.12. The van der Waals surface area contributed by atoms with Gasteiger partial charge in [-0.15, -0.1) is 0 Å². The fraction of sp³-hybridized carbons (Fsp3) is 0.154. The van der Waals surface area contributed by atoms with E-state index in [9.17, 15) is 14.0 Å². The normalized spacial score (nSPS) is 15.0. The number of nitrogens with one attached hydrogen (secondary N) is 2. The molecule has 1 fully saturated rings. The summed E-state index contributed by atoms with van der Waals surface area (Å²) in [5, 5.41) is 10.0. The molecule has 5 rings (SSSR count). The molecule has 3 heterocycles. The first kappa shape index (κ1) is 23.7. The van der Waals surface area contributed by atoms with Gasteiger partial charge in [0.25, 0.3) is 11.8 Å². The quantitative estimate of drug-likeness (QED) is 0.402. The first-order chi connectivity index (χ1) is 17.5. The van der Waals surface area contributed by atoms with Crippen LogP contribution in [-0.4, -0.2) is 45.8 Å². The lowest BCUT2D eigenvalue weighted by atomic mass is 10.1. The van der Waals surface area contributed by atoms with E-state index in [1.165, 1.54) is 23.0 Å². The number of carbonyl (C=O) groups excluding carboxylic acids is 2. The second-order valence-corrected chi connectivity index (χ2v) is 8.58. The van der Waals surface area contributed by atoms with E-state index in [0.29, 0.717) is 24.6 Å². The molecule has 1 aliphatic rings. The summed E-state index contributed by atoms with van der Waals surface area (Å²) in [5.41, 5.74) is 1.31. The van der Waals surface area contributed by atoms with E-state index in [2.05, 4.69) is 20.7 Å². The molecule has 0 spiro atoms. The molecule has 2 amide bonds. The maximum Gasteiger partial charge on any atom is 0.272 e. The molecule has 0 unspecified atom stereocenters. The van der Waals surface area contributed by atoms with Crippen molar-refractivity contribution in [3.05, 3.63) is 95.0 Å². The van der Waals surface area contributed by atoms with E-state index >= 15 is 0 Å². The molecule has 0 radical (unpaired) electrons. The molecular formula is C26H21ClFN5O3. The van der Waals surface area contributed by atoms with E-state index in [1.807, 2.05) is 18.2 Å². The first-order valence-electron chi connectivity index (χ1n) is 11.3. The van der Waals surface area contributed by atoms with Crippen molar-refractivity contribution in [2.24, 2.45) is 0 Å². The third kappa shape index (κ3) is 4.98. The number of halogens is 2.